The lowest BCUT2D eigenvalue weighted by molar-refractivity contribution is -0.132. The lowest BCUT2D eigenvalue weighted by Crippen LogP contribution is -2.37. The fraction of sp³-hybridized carbons (Fsp3) is 0.346. The molecule has 0 spiro atoms. The van der Waals surface area contributed by atoms with Gasteiger partial charge < -0.3 is 9.64 Å². The Kier molecular flexibility index (Phi) is 6.78. The predicted molar refractivity (Wildman–Crippen MR) is 131 cm³/mol. The summed E-state index contributed by atoms with van der Waals surface area (Å²) in [7, 11) is 1.88. The first-order valence-electron chi connectivity index (χ1n) is 11.7. The second-order valence-corrected chi connectivity index (χ2v) is 9.00. The van der Waals surface area contributed by atoms with Gasteiger partial charge in [-0.05, 0) is 30.7 Å². The molecule has 1 unspecified atom stereocenters. The van der Waals surface area contributed by atoms with Crippen LogP contribution < -0.4 is 0 Å². The number of benzene rings is 1. The SMILES string of the molecule is Cc1nc2ccccc2nc1CN1CC(=O)N(Cc2cnn(C)c2)CC(OCc2cccnc2)C1. The van der Waals surface area contributed by atoms with Crippen LogP contribution in [0.3, 0.4) is 0 Å². The van der Waals surface area contributed by atoms with Crippen LogP contribution in [-0.2, 0) is 36.3 Å². The Bertz CT molecular complexity index is 1310. The molecular weight excluding hydrogens is 442 g/mol. The average Bonchev–Trinajstić information content (AvgIpc) is 3.20. The molecule has 9 nitrogen and oxygen atoms in total. The molecule has 0 saturated carbocycles. The number of carbonyl (C=O) groups is 1. The monoisotopic (exact) mass is 471 g/mol. The number of rotatable bonds is 7. The number of carbonyl (C=O) groups excluding carboxylic acids is 1. The van der Waals surface area contributed by atoms with Gasteiger partial charge in [0.2, 0.25) is 5.91 Å². The molecule has 1 aliphatic rings. The highest BCUT2D eigenvalue weighted by atomic mass is 16.5. The Morgan fingerprint density at radius 3 is 2.57 bits per heavy atom. The maximum Gasteiger partial charge on any atom is 0.237 e. The summed E-state index contributed by atoms with van der Waals surface area (Å²) < 4.78 is 8.06. The van der Waals surface area contributed by atoms with Gasteiger partial charge in [-0.2, -0.15) is 5.10 Å². The second-order valence-electron chi connectivity index (χ2n) is 9.00. The molecule has 0 bridgehead atoms. The molecule has 0 radical (unpaired) electrons. The van der Waals surface area contributed by atoms with Gasteiger partial charge in [0.25, 0.3) is 0 Å². The van der Waals surface area contributed by atoms with E-state index in [-0.39, 0.29) is 12.0 Å². The number of hydrogen-bond acceptors (Lipinski definition) is 7. The number of ether oxygens (including phenoxy) is 1. The molecule has 1 aromatic carbocycles. The second kappa shape index (κ2) is 10.3. The van der Waals surface area contributed by atoms with Gasteiger partial charge in [0.05, 0.1) is 47.9 Å². The summed E-state index contributed by atoms with van der Waals surface area (Å²) in [4.78, 5) is 31.0. The first-order valence-corrected chi connectivity index (χ1v) is 11.7. The fourth-order valence-electron chi connectivity index (χ4n) is 4.39. The van der Waals surface area contributed by atoms with Crippen molar-refractivity contribution in [2.24, 2.45) is 7.05 Å². The Labute approximate surface area is 204 Å². The van der Waals surface area contributed by atoms with Crippen LogP contribution in [0.15, 0.2) is 61.2 Å². The zero-order valence-electron chi connectivity index (χ0n) is 20.0. The van der Waals surface area contributed by atoms with Gasteiger partial charge >= 0.3 is 0 Å². The molecule has 4 aromatic rings. The molecular formula is C26H29N7O2. The molecule has 0 aliphatic carbocycles. The smallest absolute Gasteiger partial charge is 0.237 e. The van der Waals surface area contributed by atoms with Gasteiger partial charge in [-0.15, -0.1) is 0 Å². The molecule has 4 heterocycles. The summed E-state index contributed by atoms with van der Waals surface area (Å²) >= 11 is 0. The van der Waals surface area contributed by atoms with Gasteiger partial charge in [0.1, 0.15) is 0 Å². The number of fused-ring (bicyclic) bond motifs is 1. The average molecular weight is 472 g/mol. The van der Waals surface area contributed by atoms with Crippen LogP contribution in [-0.4, -0.2) is 66.2 Å². The first kappa shape index (κ1) is 23.1. The zero-order valence-corrected chi connectivity index (χ0v) is 20.0. The Morgan fingerprint density at radius 1 is 1.00 bits per heavy atom. The number of nitrogens with zero attached hydrogens (tertiary/aromatic N) is 7. The molecule has 180 valence electrons. The minimum Gasteiger partial charge on any atom is -0.370 e. The summed E-state index contributed by atoms with van der Waals surface area (Å²) in [5.74, 6) is 0.0627. The number of amides is 1. The third kappa shape index (κ3) is 5.70. The van der Waals surface area contributed by atoms with E-state index in [1.807, 2.05) is 61.5 Å². The highest BCUT2D eigenvalue weighted by Crippen LogP contribution is 2.18. The van der Waals surface area contributed by atoms with Gasteiger partial charge in [-0.25, -0.2) is 9.97 Å². The van der Waals surface area contributed by atoms with E-state index in [0.29, 0.717) is 39.3 Å². The third-order valence-electron chi connectivity index (χ3n) is 6.15. The molecule has 1 amide bonds. The van der Waals surface area contributed by atoms with E-state index in [1.54, 1.807) is 23.3 Å². The molecule has 1 aliphatic heterocycles. The van der Waals surface area contributed by atoms with E-state index in [0.717, 1.165) is 33.5 Å². The van der Waals surface area contributed by atoms with Crippen molar-refractivity contribution in [1.82, 2.24) is 34.5 Å². The number of pyridine rings is 1. The largest absolute Gasteiger partial charge is 0.370 e. The lowest BCUT2D eigenvalue weighted by Gasteiger charge is -2.24. The van der Waals surface area contributed by atoms with Gasteiger partial charge in [-0.1, -0.05) is 18.2 Å². The van der Waals surface area contributed by atoms with E-state index in [1.165, 1.54) is 0 Å². The van der Waals surface area contributed by atoms with E-state index in [9.17, 15) is 4.79 Å². The first-order chi connectivity index (χ1) is 17.0. The van der Waals surface area contributed by atoms with Crippen LogP contribution in [0.5, 0.6) is 0 Å². The fourth-order valence-corrected chi connectivity index (χ4v) is 4.39. The van der Waals surface area contributed by atoms with Crippen LogP contribution >= 0.6 is 0 Å². The topological polar surface area (TPSA) is 89.3 Å². The van der Waals surface area contributed by atoms with Crippen LogP contribution in [0.4, 0.5) is 0 Å². The molecule has 5 rings (SSSR count). The summed E-state index contributed by atoms with van der Waals surface area (Å²) in [6, 6.07) is 11.8. The zero-order chi connectivity index (χ0) is 24.2. The van der Waals surface area contributed by atoms with Gasteiger partial charge in [0, 0.05) is 57.4 Å². The maximum absolute atomic E-state index is 13.3. The van der Waals surface area contributed by atoms with E-state index >= 15 is 0 Å². The quantitative estimate of drug-likeness (QED) is 0.409. The van der Waals surface area contributed by atoms with Gasteiger partial charge in [-0.3, -0.25) is 19.4 Å². The lowest BCUT2D eigenvalue weighted by atomic mass is 10.2. The van der Waals surface area contributed by atoms with E-state index in [4.69, 9.17) is 14.7 Å². The molecule has 9 heteroatoms. The predicted octanol–water partition coefficient (Wildman–Crippen LogP) is 2.50. The number of aryl methyl sites for hydroxylation is 2. The Hall–Kier alpha value is -3.69. The van der Waals surface area contributed by atoms with Crippen molar-refractivity contribution < 1.29 is 9.53 Å². The Balaban J connectivity index is 1.36. The van der Waals surface area contributed by atoms with Crippen molar-refractivity contribution in [3.05, 3.63) is 83.7 Å². The maximum atomic E-state index is 13.3. The summed E-state index contributed by atoms with van der Waals surface area (Å²) in [5, 5.41) is 4.25. The van der Waals surface area contributed by atoms with Crippen molar-refractivity contribution in [3.63, 3.8) is 0 Å². The highest BCUT2D eigenvalue weighted by Gasteiger charge is 2.29. The van der Waals surface area contributed by atoms with Crippen LogP contribution in [0.2, 0.25) is 0 Å². The third-order valence-corrected chi connectivity index (χ3v) is 6.15. The highest BCUT2D eigenvalue weighted by molar-refractivity contribution is 5.78. The number of aromatic nitrogens is 5. The molecule has 1 fully saturated rings. The summed E-state index contributed by atoms with van der Waals surface area (Å²) in [6.45, 7) is 4.86. The van der Waals surface area contributed by atoms with Crippen molar-refractivity contribution in [2.75, 3.05) is 19.6 Å². The molecule has 3 aromatic heterocycles. The van der Waals surface area contributed by atoms with Gasteiger partial charge in [0.15, 0.2) is 0 Å². The normalized spacial score (nSPS) is 17.1. The summed E-state index contributed by atoms with van der Waals surface area (Å²) in [5.41, 5.74) is 5.49. The molecule has 0 N–H and O–H groups in total. The number of para-hydroxylation sites is 2. The van der Waals surface area contributed by atoms with Crippen LogP contribution in [0.25, 0.3) is 11.0 Å². The van der Waals surface area contributed by atoms with Crippen molar-refractivity contribution in [3.8, 4) is 0 Å². The molecule has 1 saturated heterocycles. The van der Waals surface area contributed by atoms with Crippen molar-refractivity contribution >= 4 is 16.9 Å². The van der Waals surface area contributed by atoms with Crippen molar-refractivity contribution in [2.45, 2.75) is 32.7 Å². The molecule has 35 heavy (non-hydrogen) atoms. The van der Waals surface area contributed by atoms with E-state index in [2.05, 4.69) is 15.0 Å². The summed E-state index contributed by atoms with van der Waals surface area (Å²) in [6.07, 6.45) is 7.14. The van der Waals surface area contributed by atoms with Crippen LogP contribution in [0.1, 0.15) is 22.5 Å². The molecule has 1 atom stereocenters. The van der Waals surface area contributed by atoms with Crippen LogP contribution in [0, 0.1) is 6.92 Å². The minimum atomic E-state index is -0.160. The minimum absolute atomic E-state index is 0.0627. The number of hydrogen-bond donors (Lipinski definition) is 0. The van der Waals surface area contributed by atoms with E-state index < -0.39 is 0 Å². The van der Waals surface area contributed by atoms with Crippen molar-refractivity contribution in [1.29, 1.82) is 0 Å². The Morgan fingerprint density at radius 2 is 1.83 bits per heavy atom. The standard InChI is InChI=1S/C26H29N7O2/c1-19-25(30-24-8-4-3-7-23(24)29-19)16-32-14-22(35-18-20-6-5-9-27-10-20)15-33(26(34)17-32)13-21-11-28-31(2)12-21/h3-12,22H,13-18H2,1-2H3.